The average Bonchev–Trinajstić information content (AvgIpc) is 1.80. The van der Waals surface area contributed by atoms with Gasteiger partial charge in [0.1, 0.15) is 6.10 Å². The first-order chi connectivity index (χ1) is 4.20. The second-order valence-electron chi connectivity index (χ2n) is 2.22. The van der Waals surface area contributed by atoms with Gasteiger partial charge in [-0.25, -0.2) is 4.79 Å². The van der Waals surface area contributed by atoms with Crippen molar-refractivity contribution in [2.75, 3.05) is 6.61 Å². The zero-order valence-corrected chi connectivity index (χ0v) is 5.59. The standard InChI is InChI=1S/C6H10O3/c1-4-3-8-5(2)6(7)9-4/h4-5H,3H2,1-2H3/t4-,5+/m1/s1. The molecule has 0 aromatic rings. The molecular weight excluding hydrogens is 120 g/mol. The smallest absolute Gasteiger partial charge is 0.335 e. The topological polar surface area (TPSA) is 35.5 Å². The molecule has 0 radical (unpaired) electrons. The maximum Gasteiger partial charge on any atom is 0.335 e. The van der Waals surface area contributed by atoms with Crippen molar-refractivity contribution in [1.82, 2.24) is 0 Å². The van der Waals surface area contributed by atoms with E-state index in [1.165, 1.54) is 0 Å². The molecule has 1 rings (SSSR count). The highest BCUT2D eigenvalue weighted by molar-refractivity contribution is 5.74. The van der Waals surface area contributed by atoms with Gasteiger partial charge in [-0.3, -0.25) is 0 Å². The van der Waals surface area contributed by atoms with Crippen molar-refractivity contribution >= 4 is 5.97 Å². The van der Waals surface area contributed by atoms with Gasteiger partial charge in [-0.1, -0.05) is 0 Å². The van der Waals surface area contributed by atoms with Crippen molar-refractivity contribution in [3.63, 3.8) is 0 Å². The minimum absolute atomic E-state index is 0.0753. The van der Waals surface area contributed by atoms with E-state index in [9.17, 15) is 4.79 Å². The molecule has 1 saturated heterocycles. The third kappa shape index (κ3) is 1.42. The maximum absolute atomic E-state index is 10.7. The van der Waals surface area contributed by atoms with Crippen LogP contribution in [0.25, 0.3) is 0 Å². The lowest BCUT2D eigenvalue weighted by atomic mass is 10.3. The summed E-state index contributed by atoms with van der Waals surface area (Å²) < 4.78 is 9.86. The molecule has 2 atom stereocenters. The molecule has 0 aromatic heterocycles. The largest absolute Gasteiger partial charge is 0.458 e. The molecule has 9 heavy (non-hydrogen) atoms. The Hall–Kier alpha value is -0.570. The van der Waals surface area contributed by atoms with Gasteiger partial charge in [-0.2, -0.15) is 0 Å². The molecule has 0 unspecified atom stereocenters. The van der Waals surface area contributed by atoms with Gasteiger partial charge in [0.25, 0.3) is 0 Å². The van der Waals surface area contributed by atoms with Crippen LogP contribution in [0.1, 0.15) is 13.8 Å². The van der Waals surface area contributed by atoms with Crippen LogP contribution in [-0.2, 0) is 14.3 Å². The molecule has 0 bridgehead atoms. The van der Waals surface area contributed by atoms with Crippen molar-refractivity contribution in [2.24, 2.45) is 0 Å². The summed E-state index contributed by atoms with van der Waals surface area (Å²) in [5.74, 6) is -0.256. The van der Waals surface area contributed by atoms with E-state index in [1.54, 1.807) is 6.92 Å². The molecule has 52 valence electrons. The molecular formula is C6H10O3. The quantitative estimate of drug-likeness (QED) is 0.443. The number of hydrogen-bond acceptors (Lipinski definition) is 3. The molecule has 1 aliphatic rings. The second kappa shape index (κ2) is 2.35. The first-order valence-electron chi connectivity index (χ1n) is 3.02. The van der Waals surface area contributed by atoms with E-state index in [0.717, 1.165) is 0 Å². The highest BCUT2D eigenvalue weighted by Crippen LogP contribution is 2.06. The lowest BCUT2D eigenvalue weighted by Gasteiger charge is -2.23. The lowest BCUT2D eigenvalue weighted by molar-refractivity contribution is -0.179. The molecule has 1 heterocycles. The molecule has 3 heteroatoms. The second-order valence-corrected chi connectivity index (χ2v) is 2.22. The zero-order valence-electron chi connectivity index (χ0n) is 5.59. The third-order valence-corrected chi connectivity index (χ3v) is 1.23. The van der Waals surface area contributed by atoms with E-state index in [4.69, 9.17) is 9.47 Å². The molecule has 0 aromatic carbocycles. The molecule has 1 fully saturated rings. The zero-order chi connectivity index (χ0) is 6.85. The summed E-state index contributed by atoms with van der Waals surface area (Å²) in [5.41, 5.74) is 0. The van der Waals surface area contributed by atoms with Crippen molar-refractivity contribution in [3.05, 3.63) is 0 Å². The van der Waals surface area contributed by atoms with Gasteiger partial charge in [0, 0.05) is 0 Å². The highest BCUT2D eigenvalue weighted by atomic mass is 16.6. The monoisotopic (exact) mass is 130 g/mol. The van der Waals surface area contributed by atoms with E-state index < -0.39 is 0 Å². The fourth-order valence-corrected chi connectivity index (χ4v) is 0.676. The third-order valence-electron chi connectivity index (χ3n) is 1.23. The predicted octanol–water partition coefficient (Wildman–Crippen LogP) is 0.337. The van der Waals surface area contributed by atoms with Crippen molar-refractivity contribution < 1.29 is 14.3 Å². The minimum Gasteiger partial charge on any atom is -0.458 e. The van der Waals surface area contributed by atoms with Gasteiger partial charge in [0.2, 0.25) is 0 Å². The number of esters is 1. The van der Waals surface area contributed by atoms with Crippen LogP contribution in [-0.4, -0.2) is 24.8 Å². The van der Waals surface area contributed by atoms with Crippen LogP contribution in [0, 0.1) is 0 Å². The Kier molecular flexibility index (Phi) is 1.71. The normalized spacial score (nSPS) is 36.0. The Morgan fingerprint density at radius 1 is 1.56 bits per heavy atom. The van der Waals surface area contributed by atoms with Gasteiger partial charge < -0.3 is 9.47 Å². The minimum atomic E-state index is -0.374. The molecule has 3 nitrogen and oxygen atoms in total. The molecule has 0 amide bonds. The molecule has 0 N–H and O–H groups in total. The Morgan fingerprint density at radius 3 is 2.67 bits per heavy atom. The Morgan fingerprint density at radius 2 is 2.22 bits per heavy atom. The van der Waals surface area contributed by atoms with Crippen LogP contribution in [0.15, 0.2) is 0 Å². The summed E-state index contributed by atoms with van der Waals surface area (Å²) in [6, 6.07) is 0. The van der Waals surface area contributed by atoms with Gasteiger partial charge >= 0.3 is 5.97 Å². The van der Waals surface area contributed by atoms with Gasteiger partial charge in [0.15, 0.2) is 6.10 Å². The van der Waals surface area contributed by atoms with Crippen molar-refractivity contribution in [2.45, 2.75) is 26.1 Å². The predicted molar refractivity (Wildman–Crippen MR) is 31.0 cm³/mol. The molecule has 0 aliphatic carbocycles. The number of carbonyl (C=O) groups is 1. The lowest BCUT2D eigenvalue weighted by Crippen LogP contribution is -2.36. The van der Waals surface area contributed by atoms with E-state index >= 15 is 0 Å². The van der Waals surface area contributed by atoms with E-state index in [1.807, 2.05) is 6.92 Å². The number of cyclic esters (lactones) is 1. The van der Waals surface area contributed by atoms with Crippen LogP contribution in [0.2, 0.25) is 0 Å². The Bertz CT molecular complexity index is 121. The Balaban J connectivity index is 2.44. The van der Waals surface area contributed by atoms with Crippen molar-refractivity contribution in [1.29, 1.82) is 0 Å². The summed E-state index contributed by atoms with van der Waals surface area (Å²) in [4.78, 5) is 10.7. The van der Waals surface area contributed by atoms with Crippen LogP contribution in [0.5, 0.6) is 0 Å². The van der Waals surface area contributed by atoms with E-state index in [2.05, 4.69) is 0 Å². The van der Waals surface area contributed by atoms with Crippen LogP contribution in [0.3, 0.4) is 0 Å². The van der Waals surface area contributed by atoms with Crippen LogP contribution >= 0.6 is 0 Å². The van der Waals surface area contributed by atoms with E-state index in [0.29, 0.717) is 6.61 Å². The molecule has 0 saturated carbocycles. The summed E-state index contributed by atoms with van der Waals surface area (Å²) >= 11 is 0. The SMILES string of the molecule is C[C@@H]1CO[C@@H](C)C(=O)O1. The van der Waals surface area contributed by atoms with E-state index in [-0.39, 0.29) is 18.2 Å². The highest BCUT2D eigenvalue weighted by Gasteiger charge is 2.23. The number of hydrogen-bond donors (Lipinski definition) is 0. The van der Waals surface area contributed by atoms with Gasteiger partial charge in [-0.05, 0) is 13.8 Å². The first kappa shape index (κ1) is 6.55. The fraction of sp³-hybridized carbons (Fsp3) is 0.833. The molecule has 0 spiro atoms. The number of carbonyl (C=O) groups excluding carboxylic acids is 1. The maximum atomic E-state index is 10.7. The number of ether oxygens (including phenoxy) is 2. The Labute approximate surface area is 53.9 Å². The van der Waals surface area contributed by atoms with Crippen LogP contribution in [0.4, 0.5) is 0 Å². The van der Waals surface area contributed by atoms with Gasteiger partial charge in [0.05, 0.1) is 6.61 Å². The fourth-order valence-electron chi connectivity index (χ4n) is 0.676. The summed E-state index contributed by atoms with van der Waals surface area (Å²) in [5, 5.41) is 0. The average molecular weight is 130 g/mol. The summed E-state index contributed by atoms with van der Waals surface area (Å²) in [6.45, 7) is 4.02. The molecule has 1 aliphatic heterocycles. The summed E-state index contributed by atoms with van der Waals surface area (Å²) in [7, 11) is 0. The van der Waals surface area contributed by atoms with Gasteiger partial charge in [-0.15, -0.1) is 0 Å². The number of rotatable bonds is 0. The first-order valence-corrected chi connectivity index (χ1v) is 3.02. The van der Waals surface area contributed by atoms with Crippen molar-refractivity contribution in [3.8, 4) is 0 Å². The summed E-state index contributed by atoms with van der Waals surface area (Å²) in [6.07, 6.45) is -0.449. The van der Waals surface area contributed by atoms with Crippen LogP contribution < -0.4 is 0 Å².